The molecule has 8 heteroatoms. The van der Waals surface area contributed by atoms with Gasteiger partial charge in [0.05, 0.1) is 23.8 Å². The van der Waals surface area contributed by atoms with Gasteiger partial charge in [0, 0.05) is 18.1 Å². The summed E-state index contributed by atoms with van der Waals surface area (Å²) in [4.78, 5) is 16.0. The summed E-state index contributed by atoms with van der Waals surface area (Å²) in [5, 5.41) is 19.6. The van der Waals surface area contributed by atoms with Crippen LogP contribution in [-0.4, -0.2) is 26.8 Å². The van der Waals surface area contributed by atoms with Crippen LogP contribution in [0.5, 0.6) is 0 Å². The molecule has 3 aromatic rings. The van der Waals surface area contributed by atoms with Crippen molar-refractivity contribution in [3.63, 3.8) is 0 Å². The van der Waals surface area contributed by atoms with E-state index < -0.39 is 0 Å². The number of hydrogen-bond acceptors (Lipinski definition) is 7. The maximum absolute atomic E-state index is 12.0. The number of pyridine rings is 1. The molecule has 7 nitrogen and oxygen atoms in total. The molecule has 3 rings (SSSR count). The average Bonchev–Trinajstić information content (AvgIpc) is 3.12. The lowest BCUT2D eigenvalue weighted by molar-refractivity contribution is -0.113. The zero-order valence-corrected chi connectivity index (χ0v) is 13.9. The van der Waals surface area contributed by atoms with Crippen molar-refractivity contribution in [1.82, 2.24) is 15.2 Å². The quantitative estimate of drug-likeness (QED) is 0.681. The maximum Gasteiger partial charge on any atom is 0.277 e. The highest BCUT2D eigenvalue weighted by molar-refractivity contribution is 7.99. The molecule has 0 spiro atoms. The Hall–Kier alpha value is -3.18. The molecule has 0 fully saturated rings. The largest absolute Gasteiger partial charge is 0.411 e. The number of nitriles is 1. The van der Waals surface area contributed by atoms with Crippen molar-refractivity contribution >= 4 is 23.4 Å². The van der Waals surface area contributed by atoms with E-state index in [9.17, 15) is 4.79 Å². The topological polar surface area (TPSA) is 105 Å². The van der Waals surface area contributed by atoms with Crippen LogP contribution in [0.2, 0.25) is 0 Å². The lowest BCUT2D eigenvalue weighted by atomic mass is 10.1. The van der Waals surface area contributed by atoms with Gasteiger partial charge in [0.1, 0.15) is 0 Å². The van der Waals surface area contributed by atoms with Crippen LogP contribution in [0.1, 0.15) is 5.56 Å². The van der Waals surface area contributed by atoms with Gasteiger partial charge in [-0.25, -0.2) is 0 Å². The third-order valence-corrected chi connectivity index (χ3v) is 3.98. The van der Waals surface area contributed by atoms with Crippen molar-refractivity contribution in [2.24, 2.45) is 0 Å². The number of rotatable bonds is 6. The first kappa shape index (κ1) is 16.7. The van der Waals surface area contributed by atoms with Gasteiger partial charge in [-0.1, -0.05) is 23.9 Å². The first-order valence-electron chi connectivity index (χ1n) is 7.37. The molecule has 25 heavy (non-hydrogen) atoms. The molecule has 1 amide bonds. The molecule has 0 saturated heterocycles. The molecule has 0 atom stereocenters. The highest BCUT2D eigenvalue weighted by Crippen LogP contribution is 2.22. The molecular formula is C17H13N5O2S. The smallest absolute Gasteiger partial charge is 0.277 e. The van der Waals surface area contributed by atoms with E-state index in [0.717, 1.165) is 22.9 Å². The van der Waals surface area contributed by atoms with Crippen LogP contribution in [-0.2, 0) is 11.2 Å². The van der Waals surface area contributed by atoms with Crippen LogP contribution in [0.15, 0.2) is 58.4 Å². The molecule has 1 aromatic carbocycles. The highest BCUT2D eigenvalue weighted by Gasteiger charge is 2.11. The van der Waals surface area contributed by atoms with Gasteiger partial charge in [-0.05, 0) is 29.8 Å². The zero-order valence-electron chi connectivity index (χ0n) is 13.0. The number of benzene rings is 1. The molecular weight excluding hydrogens is 338 g/mol. The third kappa shape index (κ3) is 4.65. The lowest BCUT2D eigenvalue weighted by Gasteiger charge is -2.04. The zero-order chi connectivity index (χ0) is 17.5. The molecule has 124 valence electrons. The Balaban J connectivity index is 1.52. The second-order valence-corrected chi connectivity index (χ2v) is 5.91. The molecule has 0 aliphatic rings. The van der Waals surface area contributed by atoms with Crippen molar-refractivity contribution in [2.45, 2.75) is 11.6 Å². The molecule has 0 bridgehead atoms. The molecule has 2 heterocycles. The molecule has 0 radical (unpaired) electrons. The Bertz CT molecular complexity index is 887. The summed E-state index contributed by atoms with van der Waals surface area (Å²) in [6.07, 6.45) is 3.64. The summed E-state index contributed by atoms with van der Waals surface area (Å²) in [5.74, 6) is 0.331. The van der Waals surface area contributed by atoms with Crippen molar-refractivity contribution in [3.05, 3.63) is 54.4 Å². The molecule has 0 aliphatic carbocycles. The lowest BCUT2D eigenvalue weighted by Crippen LogP contribution is -2.13. The number of hydrogen-bond donors (Lipinski definition) is 1. The van der Waals surface area contributed by atoms with Gasteiger partial charge >= 0.3 is 0 Å². The predicted octanol–water partition coefficient (Wildman–Crippen LogP) is 2.93. The summed E-state index contributed by atoms with van der Waals surface area (Å²) >= 11 is 1.16. The standard InChI is InChI=1S/C17H13N5O2S/c18-8-7-12-3-5-14(6-4-12)20-15(23)11-25-17-22-21-16(24-17)13-2-1-9-19-10-13/h1-6,9-10H,7,11H2,(H,20,23). The van der Waals surface area contributed by atoms with Crippen molar-refractivity contribution < 1.29 is 9.21 Å². The number of anilines is 1. The first-order valence-corrected chi connectivity index (χ1v) is 8.35. The van der Waals surface area contributed by atoms with E-state index >= 15 is 0 Å². The van der Waals surface area contributed by atoms with Crippen LogP contribution in [0.4, 0.5) is 5.69 Å². The fourth-order valence-corrected chi connectivity index (χ4v) is 2.56. The van der Waals surface area contributed by atoms with Crippen molar-refractivity contribution in [1.29, 1.82) is 5.26 Å². The molecule has 2 aromatic heterocycles. The molecule has 0 aliphatic heterocycles. The van der Waals surface area contributed by atoms with Crippen molar-refractivity contribution in [2.75, 3.05) is 11.1 Å². The summed E-state index contributed by atoms with van der Waals surface area (Å²) in [6.45, 7) is 0. The normalized spacial score (nSPS) is 10.2. The molecule has 0 saturated carbocycles. The average molecular weight is 351 g/mol. The summed E-state index contributed by atoms with van der Waals surface area (Å²) < 4.78 is 5.50. The minimum Gasteiger partial charge on any atom is -0.411 e. The first-order chi connectivity index (χ1) is 12.2. The molecule has 1 N–H and O–H groups in total. The van der Waals surface area contributed by atoms with Crippen LogP contribution in [0, 0.1) is 11.3 Å². The van der Waals surface area contributed by atoms with Crippen LogP contribution < -0.4 is 5.32 Å². The van der Waals surface area contributed by atoms with E-state index in [-0.39, 0.29) is 11.7 Å². The van der Waals surface area contributed by atoms with E-state index in [4.69, 9.17) is 9.68 Å². The Morgan fingerprint density at radius 1 is 1.24 bits per heavy atom. The van der Waals surface area contributed by atoms with Gasteiger partial charge in [0.15, 0.2) is 0 Å². The Morgan fingerprint density at radius 2 is 2.08 bits per heavy atom. The van der Waals surface area contributed by atoms with Gasteiger partial charge in [0.25, 0.3) is 5.22 Å². The number of amides is 1. The van der Waals surface area contributed by atoms with Crippen LogP contribution >= 0.6 is 11.8 Å². The second-order valence-electron chi connectivity index (χ2n) is 4.98. The Kier molecular flexibility index (Phi) is 5.39. The van der Waals surface area contributed by atoms with Gasteiger partial charge < -0.3 is 9.73 Å². The number of carbonyl (C=O) groups is 1. The minimum absolute atomic E-state index is 0.147. The third-order valence-electron chi connectivity index (χ3n) is 3.16. The Morgan fingerprint density at radius 3 is 2.80 bits per heavy atom. The van der Waals surface area contributed by atoms with Gasteiger partial charge in [-0.3, -0.25) is 9.78 Å². The fraction of sp³-hybridized carbons (Fsp3) is 0.118. The number of carbonyl (C=O) groups excluding carboxylic acids is 1. The minimum atomic E-state index is -0.181. The van der Waals surface area contributed by atoms with Crippen LogP contribution in [0.3, 0.4) is 0 Å². The number of aromatic nitrogens is 3. The predicted molar refractivity (Wildman–Crippen MR) is 92.6 cm³/mol. The van der Waals surface area contributed by atoms with Gasteiger partial charge in [0.2, 0.25) is 11.8 Å². The Labute approximate surface area is 148 Å². The van der Waals surface area contributed by atoms with Crippen LogP contribution in [0.25, 0.3) is 11.5 Å². The number of thioether (sulfide) groups is 1. The summed E-state index contributed by atoms with van der Waals surface area (Å²) in [5.41, 5.74) is 2.31. The highest BCUT2D eigenvalue weighted by atomic mass is 32.2. The van der Waals surface area contributed by atoms with Crippen molar-refractivity contribution in [3.8, 4) is 17.5 Å². The summed E-state index contributed by atoms with van der Waals surface area (Å²) in [6, 6.07) is 12.8. The number of nitrogens with zero attached hydrogens (tertiary/aromatic N) is 4. The van der Waals surface area contributed by atoms with E-state index in [0.29, 0.717) is 23.2 Å². The maximum atomic E-state index is 12.0. The molecule has 0 unspecified atom stereocenters. The number of nitrogens with one attached hydrogen (secondary N) is 1. The van der Waals surface area contributed by atoms with E-state index in [1.165, 1.54) is 0 Å². The van der Waals surface area contributed by atoms with E-state index in [2.05, 4.69) is 26.6 Å². The fourth-order valence-electron chi connectivity index (χ4n) is 2.00. The monoisotopic (exact) mass is 351 g/mol. The van der Waals surface area contributed by atoms with E-state index in [1.807, 2.05) is 18.2 Å². The van der Waals surface area contributed by atoms with Gasteiger partial charge in [-0.2, -0.15) is 5.26 Å². The second kappa shape index (κ2) is 8.08. The summed E-state index contributed by atoms with van der Waals surface area (Å²) in [7, 11) is 0. The van der Waals surface area contributed by atoms with Gasteiger partial charge in [-0.15, -0.1) is 10.2 Å². The SMILES string of the molecule is N#CCc1ccc(NC(=O)CSc2nnc(-c3cccnc3)o2)cc1. The van der Waals surface area contributed by atoms with E-state index in [1.54, 1.807) is 30.6 Å².